The van der Waals surface area contributed by atoms with Gasteiger partial charge in [-0.1, -0.05) is 18.2 Å². The van der Waals surface area contributed by atoms with Crippen molar-refractivity contribution in [3.63, 3.8) is 0 Å². The minimum atomic E-state index is -0.353. The Morgan fingerprint density at radius 1 is 0.971 bits per heavy atom. The van der Waals surface area contributed by atoms with Gasteiger partial charge < -0.3 is 15.1 Å². The fourth-order valence-electron chi connectivity index (χ4n) is 4.08. The molecule has 0 saturated carbocycles. The molecular formula is C26H23N5O3. The van der Waals surface area contributed by atoms with Gasteiger partial charge in [-0.3, -0.25) is 9.59 Å². The number of benzene rings is 2. The molecule has 0 unspecified atom stereocenters. The number of aryl methyl sites for hydroxylation is 2. The summed E-state index contributed by atoms with van der Waals surface area (Å²) >= 11 is 0. The van der Waals surface area contributed by atoms with Crippen molar-refractivity contribution in [2.24, 2.45) is 0 Å². The molecule has 2 aromatic carbocycles. The van der Waals surface area contributed by atoms with Gasteiger partial charge in [0.25, 0.3) is 5.91 Å². The average molecular weight is 454 g/mol. The monoisotopic (exact) mass is 453 g/mol. The smallest absolute Gasteiger partial charge is 0.291 e. The Hall–Kier alpha value is -4.46. The highest BCUT2D eigenvalue weighted by Gasteiger charge is 2.15. The first-order valence-corrected chi connectivity index (χ1v) is 11.0. The van der Waals surface area contributed by atoms with Crippen LogP contribution in [0.2, 0.25) is 0 Å². The SMILES string of the molecule is Cc1nc2c3ccccc3nn2c(C)c1CCC(=O)Nc1cccc(NC(=O)c2ccco2)c1. The van der Waals surface area contributed by atoms with E-state index >= 15 is 0 Å². The lowest BCUT2D eigenvalue weighted by Crippen LogP contribution is -2.15. The van der Waals surface area contributed by atoms with Crippen LogP contribution in [0.5, 0.6) is 0 Å². The summed E-state index contributed by atoms with van der Waals surface area (Å²) in [6, 6.07) is 18.2. The Balaban J connectivity index is 1.28. The second kappa shape index (κ2) is 8.82. The predicted molar refractivity (Wildman–Crippen MR) is 130 cm³/mol. The molecule has 5 rings (SSSR count). The molecule has 8 nitrogen and oxygen atoms in total. The van der Waals surface area contributed by atoms with Gasteiger partial charge in [-0.2, -0.15) is 5.10 Å². The second-order valence-electron chi connectivity index (χ2n) is 8.07. The number of fused-ring (bicyclic) bond motifs is 3. The third-order valence-electron chi connectivity index (χ3n) is 5.77. The minimum absolute atomic E-state index is 0.126. The molecule has 0 saturated heterocycles. The van der Waals surface area contributed by atoms with Crippen LogP contribution >= 0.6 is 0 Å². The number of hydrogen-bond acceptors (Lipinski definition) is 5. The van der Waals surface area contributed by atoms with E-state index in [2.05, 4.69) is 15.7 Å². The van der Waals surface area contributed by atoms with Crippen LogP contribution in [0.4, 0.5) is 11.4 Å². The zero-order valence-corrected chi connectivity index (χ0v) is 18.8. The van der Waals surface area contributed by atoms with E-state index in [1.54, 1.807) is 36.4 Å². The molecule has 0 aliphatic carbocycles. The quantitative estimate of drug-likeness (QED) is 0.380. The highest BCUT2D eigenvalue weighted by atomic mass is 16.3. The van der Waals surface area contributed by atoms with Crippen LogP contribution in [0, 0.1) is 13.8 Å². The number of hydrogen-bond donors (Lipinski definition) is 2. The topological polar surface area (TPSA) is 102 Å². The molecule has 8 heteroatoms. The number of anilines is 2. The Morgan fingerprint density at radius 2 is 1.76 bits per heavy atom. The van der Waals surface area contributed by atoms with Crippen LogP contribution in [-0.4, -0.2) is 26.4 Å². The van der Waals surface area contributed by atoms with Crippen molar-refractivity contribution < 1.29 is 14.0 Å². The van der Waals surface area contributed by atoms with Crippen LogP contribution in [0.15, 0.2) is 71.3 Å². The third kappa shape index (κ3) is 4.13. The maximum atomic E-state index is 12.7. The molecule has 34 heavy (non-hydrogen) atoms. The highest BCUT2D eigenvalue weighted by molar-refractivity contribution is 6.02. The van der Waals surface area contributed by atoms with Gasteiger partial charge in [0.15, 0.2) is 11.4 Å². The van der Waals surface area contributed by atoms with E-state index in [4.69, 9.17) is 9.40 Å². The summed E-state index contributed by atoms with van der Waals surface area (Å²) < 4.78 is 6.96. The lowest BCUT2D eigenvalue weighted by atomic mass is 10.1. The second-order valence-corrected chi connectivity index (χ2v) is 8.07. The molecule has 0 aliphatic rings. The number of carbonyl (C=O) groups is 2. The Kier molecular flexibility index (Phi) is 5.55. The molecule has 0 aliphatic heterocycles. The van der Waals surface area contributed by atoms with Crippen LogP contribution in [0.25, 0.3) is 16.6 Å². The van der Waals surface area contributed by atoms with Gasteiger partial charge in [-0.25, -0.2) is 9.50 Å². The maximum absolute atomic E-state index is 12.7. The Bertz CT molecular complexity index is 1520. The highest BCUT2D eigenvalue weighted by Crippen LogP contribution is 2.23. The fourth-order valence-corrected chi connectivity index (χ4v) is 4.08. The molecular weight excluding hydrogens is 430 g/mol. The zero-order valence-electron chi connectivity index (χ0n) is 18.8. The summed E-state index contributed by atoms with van der Waals surface area (Å²) in [6.07, 6.45) is 2.27. The molecule has 170 valence electrons. The van der Waals surface area contributed by atoms with Gasteiger partial charge in [0, 0.05) is 34.6 Å². The van der Waals surface area contributed by atoms with E-state index in [1.807, 2.05) is 42.6 Å². The molecule has 0 spiro atoms. The summed E-state index contributed by atoms with van der Waals surface area (Å²) in [5, 5.41) is 11.3. The van der Waals surface area contributed by atoms with Crippen molar-refractivity contribution >= 4 is 39.7 Å². The summed E-state index contributed by atoms with van der Waals surface area (Å²) in [5.74, 6) is -0.261. The first-order valence-electron chi connectivity index (χ1n) is 11.0. The number of furan rings is 1. The van der Waals surface area contributed by atoms with Crippen molar-refractivity contribution in [3.8, 4) is 0 Å². The lowest BCUT2D eigenvalue weighted by molar-refractivity contribution is -0.116. The summed E-state index contributed by atoms with van der Waals surface area (Å²) in [7, 11) is 0. The zero-order chi connectivity index (χ0) is 23.7. The number of carbonyl (C=O) groups excluding carboxylic acids is 2. The fraction of sp³-hybridized carbons (Fsp3) is 0.154. The Labute approximate surface area is 195 Å². The van der Waals surface area contributed by atoms with Gasteiger partial charge in [-0.05, 0) is 68.3 Å². The van der Waals surface area contributed by atoms with Crippen molar-refractivity contribution in [1.82, 2.24) is 14.6 Å². The normalized spacial score (nSPS) is 11.1. The molecule has 0 radical (unpaired) electrons. The average Bonchev–Trinajstić information content (AvgIpc) is 3.48. The molecule has 2 amide bonds. The van der Waals surface area contributed by atoms with Gasteiger partial charge in [-0.15, -0.1) is 0 Å². The molecule has 3 aromatic heterocycles. The number of nitrogens with zero attached hydrogens (tertiary/aromatic N) is 3. The van der Waals surface area contributed by atoms with Crippen molar-refractivity contribution in [2.75, 3.05) is 10.6 Å². The van der Waals surface area contributed by atoms with Gasteiger partial charge in [0.1, 0.15) is 0 Å². The largest absolute Gasteiger partial charge is 0.459 e. The van der Waals surface area contributed by atoms with Gasteiger partial charge >= 0.3 is 0 Å². The Morgan fingerprint density at radius 3 is 2.56 bits per heavy atom. The number of amides is 2. The maximum Gasteiger partial charge on any atom is 0.291 e. The van der Waals surface area contributed by atoms with E-state index in [0.717, 1.165) is 33.5 Å². The van der Waals surface area contributed by atoms with Crippen LogP contribution in [0.3, 0.4) is 0 Å². The first-order chi connectivity index (χ1) is 16.5. The van der Waals surface area contributed by atoms with E-state index < -0.39 is 0 Å². The number of rotatable bonds is 6. The predicted octanol–water partition coefficient (Wildman–Crippen LogP) is 4.92. The first kappa shape index (κ1) is 21.4. The molecule has 2 N–H and O–H groups in total. The van der Waals surface area contributed by atoms with Crippen LogP contribution in [-0.2, 0) is 11.2 Å². The number of nitrogens with one attached hydrogen (secondary N) is 2. The van der Waals surface area contributed by atoms with E-state index in [9.17, 15) is 9.59 Å². The van der Waals surface area contributed by atoms with Crippen LogP contribution < -0.4 is 10.6 Å². The summed E-state index contributed by atoms with van der Waals surface area (Å²) in [6.45, 7) is 3.97. The summed E-state index contributed by atoms with van der Waals surface area (Å²) in [5.41, 5.74) is 5.77. The molecule has 5 aromatic rings. The molecule has 0 atom stereocenters. The lowest BCUT2D eigenvalue weighted by Gasteiger charge is -2.12. The standard InChI is InChI=1S/C26H23N5O3/c1-16-20(17(2)31-25(27-16)21-9-3-4-10-22(21)30-31)12-13-24(32)28-18-7-5-8-19(15-18)29-26(33)23-11-6-14-34-23/h3-11,14-15H,12-13H2,1-2H3,(H,28,32)(H,29,33). The van der Waals surface area contributed by atoms with Crippen molar-refractivity contribution in [1.29, 1.82) is 0 Å². The van der Waals surface area contributed by atoms with E-state index in [1.165, 1.54) is 6.26 Å². The van der Waals surface area contributed by atoms with E-state index in [-0.39, 0.29) is 17.6 Å². The van der Waals surface area contributed by atoms with Crippen molar-refractivity contribution in [3.05, 3.63) is 89.6 Å². The third-order valence-corrected chi connectivity index (χ3v) is 5.77. The molecule has 3 heterocycles. The molecule has 0 fully saturated rings. The van der Waals surface area contributed by atoms with E-state index in [0.29, 0.717) is 24.2 Å². The van der Waals surface area contributed by atoms with Gasteiger partial charge in [0.2, 0.25) is 5.91 Å². The molecule has 0 bridgehead atoms. The summed E-state index contributed by atoms with van der Waals surface area (Å²) in [4.78, 5) is 29.6. The van der Waals surface area contributed by atoms with Gasteiger partial charge in [0.05, 0.1) is 11.8 Å². The number of aromatic nitrogens is 3. The van der Waals surface area contributed by atoms with Crippen molar-refractivity contribution in [2.45, 2.75) is 26.7 Å². The minimum Gasteiger partial charge on any atom is -0.459 e. The van der Waals surface area contributed by atoms with Crippen LogP contribution in [0.1, 0.15) is 33.9 Å².